The summed E-state index contributed by atoms with van der Waals surface area (Å²) in [5.41, 5.74) is 2.35. The number of hydrogen-bond donors (Lipinski definition) is 0. The highest BCUT2D eigenvalue weighted by molar-refractivity contribution is 7.13. The lowest BCUT2D eigenvalue weighted by molar-refractivity contribution is -0.118. The fourth-order valence-electron chi connectivity index (χ4n) is 2.38. The van der Waals surface area contributed by atoms with Crippen LogP contribution >= 0.6 is 11.3 Å². The third-order valence-corrected chi connectivity index (χ3v) is 4.49. The highest BCUT2D eigenvalue weighted by Crippen LogP contribution is 2.23. The van der Waals surface area contributed by atoms with E-state index in [2.05, 4.69) is 9.97 Å². The molecule has 0 fully saturated rings. The Morgan fingerprint density at radius 3 is 2.71 bits per heavy atom. The fraction of sp³-hybridized carbons (Fsp3) is 0.167. The van der Waals surface area contributed by atoms with Gasteiger partial charge in [0.15, 0.2) is 0 Å². The van der Waals surface area contributed by atoms with Crippen LogP contribution in [0.5, 0.6) is 0 Å². The second-order valence-electron chi connectivity index (χ2n) is 5.18. The van der Waals surface area contributed by atoms with Crippen molar-refractivity contribution in [2.24, 2.45) is 0 Å². The summed E-state index contributed by atoms with van der Waals surface area (Å²) >= 11 is 1.49. The van der Waals surface area contributed by atoms with Gasteiger partial charge in [-0.25, -0.2) is 9.37 Å². The van der Waals surface area contributed by atoms with E-state index in [0.717, 1.165) is 16.3 Å². The normalized spacial score (nSPS) is 10.6. The van der Waals surface area contributed by atoms with Crippen molar-refractivity contribution in [2.75, 3.05) is 11.4 Å². The van der Waals surface area contributed by atoms with Gasteiger partial charge in [-0.2, -0.15) is 0 Å². The van der Waals surface area contributed by atoms with Gasteiger partial charge < -0.3 is 4.90 Å². The molecule has 3 rings (SSSR count). The molecule has 0 atom stereocenters. The molecule has 0 saturated heterocycles. The van der Waals surface area contributed by atoms with Gasteiger partial charge in [0.25, 0.3) is 0 Å². The zero-order chi connectivity index (χ0) is 16.9. The third-order valence-electron chi connectivity index (χ3n) is 3.55. The zero-order valence-electron chi connectivity index (χ0n) is 13.1. The first kappa shape index (κ1) is 16.3. The van der Waals surface area contributed by atoms with E-state index < -0.39 is 0 Å². The van der Waals surface area contributed by atoms with Gasteiger partial charge in [-0.05, 0) is 43.3 Å². The minimum Gasteiger partial charge on any atom is -0.312 e. The molecule has 0 bridgehead atoms. The van der Waals surface area contributed by atoms with Gasteiger partial charge in [-0.1, -0.05) is 0 Å². The minimum absolute atomic E-state index is 0.0628. The predicted octanol–water partition coefficient (Wildman–Crippen LogP) is 3.94. The summed E-state index contributed by atoms with van der Waals surface area (Å²) in [5.74, 6) is -0.380. The van der Waals surface area contributed by atoms with Crippen molar-refractivity contribution < 1.29 is 9.18 Å². The topological polar surface area (TPSA) is 46.1 Å². The lowest BCUT2D eigenvalue weighted by Crippen LogP contribution is -2.32. The Bertz CT molecular complexity index is 818. The first-order valence-corrected chi connectivity index (χ1v) is 8.46. The number of amides is 1. The van der Waals surface area contributed by atoms with Crippen molar-refractivity contribution in [1.29, 1.82) is 0 Å². The average Bonchev–Trinajstić information content (AvgIpc) is 3.06. The van der Waals surface area contributed by atoms with Gasteiger partial charge in [0.2, 0.25) is 5.91 Å². The molecule has 0 aliphatic heterocycles. The van der Waals surface area contributed by atoms with E-state index in [9.17, 15) is 9.18 Å². The predicted molar refractivity (Wildman–Crippen MR) is 93.5 cm³/mol. The van der Waals surface area contributed by atoms with E-state index >= 15 is 0 Å². The number of benzene rings is 1. The van der Waals surface area contributed by atoms with Crippen LogP contribution in [-0.4, -0.2) is 22.4 Å². The van der Waals surface area contributed by atoms with Gasteiger partial charge in [-0.15, -0.1) is 11.3 Å². The number of anilines is 1. The standard InChI is InChI=1S/C18H16FN3OS/c1-2-22(16-7-5-14(19)6-8-16)17(23)10-15-12-24-18(21-15)13-4-3-9-20-11-13/h3-9,11-12H,2,10H2,1H3. The number of rotatable bonds is 5. The summed E-state index contributed by atoms with van der Waals surface area (Å²) in [7, 11) is 0. The lowest BCUT2D eigenvalue weighted by Gasteiger charge is -2.20. The van der Waals surface area contributed by atoms with Crippen LogP contribution < -0.4 is 4.90 Å². The summed E-state index contributed by atoms with van der Waals surface area (Å²) in [6, 6.07) is 9.73. The van der Waals surface area contributed by atoms with Crippen LogP contribution in [0.2, 0.25) is 0 Å². The summed E-state index contributed by atoms with van der Waals surface area (Å²) in [4.78, 5) is 22.8. The Morgan fingerprint density at radius 2 is 2.04 bits per heavy atom. The van der Waals surface area contributed by atoms with Gasteiger partial charge >= 0.3 is 0 Å². The van der Waals surface area contributed by atoms with Gasteiger partial charge in [0.05, 0.1) is 12.1 Å². The highest BCUT2D eigenvalue weighted by atomic mass is 32.1. The van der Waals surface area contributed by atoms with Crippen LogP contribution in [0.15, 0.2) is 54.2 Å². The van der Waals surface area contributed by atoms with Crippen LogP contribution in [0, 0.1) is 5.82 Å². The van der Waals surface area contributed by atoms with Crippen LogP contribution in [-0.2, 0) is 11.2 Å². The number of hydrogen-bond acceptors (Lipinski definition) is 4. The molecule has 0 spiro atoms. The van der Waals surface area contributed by atoms with E-state index in [0.29, 0.717) is 12.2 Å². The summed E-state index contributed by atoms with van der Waals surface area (Å²) < 4.78 is 13.0. The van der Waals surface area contributed by atoms with E-state index in [1.54, 1.807) is 29.4 Å². The summed E-state index contributed by atoms with van der Waals surface area (Å²) in [6.07, 6.45) is 3.67. The molecule has 0 saturated carbocycles. The number of nitrogens with zero attached hydrogens (tertiary/aromatic N) is 3. The second-order valence-corrected chi connectivity index (χ2v) is 6.03. The SMILES string of the molecule is CCN(C(=O)Cc1csc(-c2cccnc2)n1)c1ccc(F)cc1. The molecule has 4 nitrogen and oxygen atoms in total. The molecule has 0 unspecified atom stereocenters. The zero-order valence-corrected chi connectivity index (χ0v) is 14.0. The Labute approximate surface area is 143 Å². The van der Waals surface area contributed by atoms with Crippen molar-refractivity contribution in [3.63, 3.8) is 0 Å². The average molecular weight is 341 g/mol. The first-order valence-electron chi connectivity index (χ1n) is 7.58. The molecule has 122 valence electrons. The van der Waals surface area contributed by atoms with E-state index in [-0.39, 0.29) is 18.1 Å². The van der Waals surface area contributed by atoms with Gasteiger partial charge in [0, 0.05) is 35.6 Å². The number of halogens is 1. The Morgan fingerprint density at radius 1 is 1.25 bits per heavy atom. The maximum absolute atomic E-state index is 13.0. The minimum atomic E-state index is -0.317. The van der Waals surface area contributed by atoms with Crippen molar-refractivity contribution in [3.05, 3.63) is 65.7 Å². The molecule has 1 aromatic carbocycles. The van der Waals surface area contributed by atoms with Crippen molar-refractivity contribution in [1.82, 2.24) is 9.97 Å². The van der Waals surface area contributed by atoms with E-state index in [1.165, 1.54) is 23.5 Å². The molecule has 1 amide bonds. The first-order chi connectivity index (χ1) is 11.7. The number of carbonyl (C=O) groups excluding carboxylic acids is 1. The van der Waals surface area contributed by atoms with Crippen LogP contribution in [0.25, 0.3) is 10.6 Å². The number of aromatic nitrogens is 2. The highest BCUT2D eigenvalue weighted by Gasteiger charge is 2.16. The Hall–Kier alpha value is -2.60. The molecule has 2 aromatic heterocycles. The second kappa shape index (κ2) is 7.31. The van der Waals surface area contributed by atoms with Crippen molar-refractivity contribution >= 4 is 22.9 Å². The molecule has 0 aliphatic carbocycles. The molecule has 0 aliphatic rings. The molecule has 2 heterocycles. The Kier molecular flexibility index (Phi) is 4.96. The third kappa shape index (κ3) is 3.65. The molecule has 0 N–H and O–H groups in total. The number of thiazole rings is 1. The van der Waals surface area contributed by atoms with E-state index in [1.807, 2.05) is 24.4 Å². The van der Waals surface area contributed by atoms with Crippen molar-refractivity contribution in [3.8, 4) is 10.6 Å². The summed E-state index contributed by atoms with van der Waals surface area (Å²) in [5, 5.41) is 2.73. The van der Waals surface area contributed by atoms with Gasteiger partial charge in [-0.3, -0.25) is 9.78 Å². The van der Waals surface area contributed by atoms with Crippen LogP contribution in [0.1, 0.15) is 12.6 Å². The smallest absolute Gasteiger partial charge is 0.233 e. The number of pyridine rings is 1. The molecule has 24 heavy (non-hydrogen) atoms. The largest absolute Gasteiger partial charge is 0.312 e. The molecular formula is C18H16FN3OS. The maximum Gasteiger partial charge on any atom is 0.233 e. The lowest BCUT2D eigenvalue weighted by atomic mass is 10.2. The molecular weight excluding hydrogens is 325 g/mol. The monoisotopic (exact) mass is 341 g/mol. The summed E-state index contributed by atoms with van der Waals surface area (Å²) in [6.45, 7) is 2.41. The van der Waals surface area contributed by atoms with Crippen LogP contribution in [0.3, 0.4) is 0 Å². The van der Waals surface area contributed by atoms with E-state index in [4.69, 9.17) is 0 Å². The van der Waals surface area contributed by atoms with Crippen LogP contribution in [0.4, 0.5) is 10.1 Å². The molecule has 6 heteroatoms. The number of carbonyl (C=O) groups is 1. The molecule has 3 aromatic rings. The van der Waals surface area contributed by atoms with Gasteiger partial charge in [0.1, 0.15) is 10.8 Å². The molecule has 0 radical (unpaired) electrons. The van der Waals surface area contributed by atoms with Crippen molar-refractivity contribution in [2.45, 2.75) is 13.3 Å². The fourth-order valence-corrected chi connectivity index (χ4v) is 3.19. The quantitative estimate of drug-likeness (QED) is 0.706. The maximum atomic E-state index is 13.0. The Balaban J connectivity index is 1.74. The number of likely N-dealkylation sites (N-methyl/N-ethyl adjacent to an activating group) is 1.